The fraction of sp³-hybridized carbons (Fsp3) is 0.727. The summed E-state index contributed by atoms with van der Waals surface area (Å²) < 4.78 is 0. The summed E-state index contributed by atoms with van der Waals surface area (Å²) in [5, 5.41) is 6.94. The van der Waals surface area contributed by atoms with Crippen molar-refractivity contribution in [2.45, 2.75) is 53.0 Å². The summed E-state index contributed by atoms with van der Waals surface area (Å²) in [5.41, 5.74) is 1.51. The lowest BCUT2D eigenvalue weighted by atomic mass is 9.87. The van der Waals surface area contributed by atoms with E-state index in [-0.39, 0.29) is 29.4 Å². The number of guanidine groups is 1. The molecular formula is C22H41IN6. The van der Waals surface area contributed by atoms with Crippen LogP contribution >= 0.6 is 24.0 Å². The highest BCUT2D eigenvalue weighted by molar-refractivity contribution is 14.0. The Morgan fingerprint density at radius 2 is 1.90 bits per heavy atom. The molecule has 0 bridgehead atoms. The van der Waals surface area contributed by atoms with Crippen molar-refractivity contribution in [3.63, 3.8) is 0 Å². The molecule has 0 aliphatic carbocycles. The van der Waals surface area contributed by atoms with Gasteiger partial charge in [-0.25, -0.2) is 4.98 Å². The SMILES string of the molecule is CCCCCC(C)(C)CNC(=NC)NCc1ccnc(N2CCN(C)CC2)c1.I. The van der Waals surface area contributed by atoms with Gasteiger partial charge in [-0.2, -0.15) is 0 Å². The van der Waals surface area contributed by atoms with Crippen LogP contribution in [0.4, 0.5) is 5.82 Å². The van der Waals surface area contributed by atoms with Crippen LogP contribution in [0.3, 0.4) is 0 Å². The standard InChI is InChI=1S/C22H40N6.HI/c1-6-7-8-10-22(2,3)18-26-21(23-4)25-17-19-9-11-24-20(16-19)28-14-12-27(5)13-15-28;/h9,11,16H,6-8,10,12-15,17-18H2,1-5H3,(H2,23,25,26);1H. The number of aliphatic imine (C=N–C) groups is 1. The van der Waals surface area contributed by atoms with Gasteiger partial charge in [-0.1, -0.05) is 40.0 Å². The highest BCUT2D eigenvalue weighted by Gasteiger charge is 2.18. The number of hydrogen-bond donors (Lipinski definition) is 2. The van der Waals surface area contributed by atoms with E-state index in [0.29, 0.717) is 0 Å². The summed E-state index contributed by atoms with van der Waals surface area (Å²) in [4.78, 5) is 13.7. The van der Waals surface area contributed by atoms with Gasteiger partial charge in [0.1, 0.15) is 5.82 Å². The Hall–Kier alpha value is -1.09. The van der Waals surface area contributed by atoms with Gasteiger partial charge in [0, 0.05) is 52.5 Å². The monoisotopic (exact) mass is 516 g/mol. The Bertz CT molecular complexity index is 611. The molecule has 1 saturated heterocycles. The van der Waals surface area contributed by atoms with Crippen LogP contribution in [0.2, 0.25) is 0 Å². The molecule has 0 atom stereocenters. The summed E-state index contributed by atoms with van der Waals surface area (Å²) in [6, 6.07) is 4.27. The predicted molar refractivity (Wildman–Crippen MR) is 135 cm³/mol. The maximum atomic E-state index is 4.57. The van der Waals surface area contributed by atoms with E-state index in [1.165, 1.54) is 31.2 Å². The fourth-order valence-corrected chi connectivity index (χ4v) is 3.45. The van der Waals surface area contributed by atoms with Gasteiger partial charge in [-0.3, -0.25) is 4.99 Å². The summed E-state index contributed by atoms with van der Waals surface area (Å²) in [6.45, 7) is 12.9. The minimum absolute atomic E-state index is 0. The Kier molecular flexibility index (Phi) is 11.9. The highest BCUT2D eigenvalue weighted by Crippen LogP contribution is 2.22. The first-order valence-electron chi connectivity index (χ1n) is 10.8. The van der Waals surface area contributed by atoms with E-state index in [2.05, 4.69) is 70.4 Å². The van der Waals surface area contributed by atoms with Gasteiger partial charge >= 0.3 is 0 Å². The van der Waals surface area contributed by atoms with E-state index in [0.717, 1.165) is 51.0 Å². The lowest BCUT2D eigenvalue weighted by Crippen LogP contribution is -2.44. The number of pyridine rings is 1. The number of nitrogens with zero attached hydrogens (tertiary/aromatic N) is 4. The Labute approximate surface area is 195 Å². The van der Waals surface area contributed by atoms with Gasteiger partial charge < -0.3 is 20.4 Å². The van der Waals surface area contributed by atoms with Crippen molar-refractivity contribution in [2.24, 2.45) is 10.4 Å². The van der Waals surface area contributed by atoms with Crippen molar-refractivity contribution in [3.05, 3.63) is 23.9 Å². The van der Waals surface area contributed by atoms with Crippen molar-refractivity contribution in [1.29, 1.82) is 0 Å². The second kappa shape index (κ2) is 13.3. The van der Waals surface area contributed by atoms with Crippen LogP contribution in [0.15, 0.2) is 23.3 Å². The van der Waals surface area contributed by atoms with E-state index in [1.807, 2.05) is 13.2 Å². The molecule has 6 nitrogen and oxygen atoms in total. The second-order valence-electron chi connectivity index (χ2n) is 8.71. The van der Waals surface area contributed by atoms with Crippen LogP contribution in [-0.4, -0.2) is 62.7 Å². The molecule has 1 aromatic rings. The van der Waals surface area contributed by atoms with Gasteiger partial charge in [0.15, 0.2) is 5.96 Å². The predicted octanol–water partition coefficient (Wildman–Crippen LogP) is 3.72. The van der Waals surface area contributed by atoms with Crippen LogP contribution in [0, 0.1) is 5.41 Å². The van der Waals surface area contributed by atoms with Crippen molar-refractivity contribution in [2.75, 3.05) is 51.7 Å². The molecule has 0 radical (unpaired) electrons. The first kappa shape index (κ1) is 25.9. The molecule has 0 amide bonds. The molecule has 29 heavy (non-hydrogen) atoms. The van der Waals surface area contributed by atoms with E-state index in [1.54, 1.807) is 0 Å². The molecule has 2 heterocycles. The minimum atomic E-state index is 0. The number of halogens is 1. The van der Waals surface area contributed by atoms with Crippen molar-refractivity contribution >= 4 is 35.8 Å². The molecule has 2 N–H and O–H groups in total. The molecule has 1 fully saturated rings. The zero-order chi connectivity index (χ0) is 20.4. The Balaban J connectivity index is 0.00000420. The van der Waals surface area contributed by atoms with E-state index in [4.69, 9.17) is 0 Å². The topological polar surface area (TPSA) is 55.8 Å². The smallest absolute Gasteiger partial charge is 0.191 e. The maximum Gasteiger partial charge on any atom is 0.191 e. The number of unbranched alkanes of at least 4 members (excludes halogenated alkanes) is 2. The lowest BCUT2D eigenvalue weighted by molar-refractivity contribution is 0.312. The molecule has 0 saturated carbocycles. The van der Waals surface area contributed by atoms with E-state index in [9.17, 15) is 0 Å². The van der Waals surface area contributed by atoms with Crippen molar-refractivity contribution < 1.29 is 0 Å². The fourth-order valence-electron chi connectivity index (χ4n) is 3.45. The summed E-state index contributed by atoms with van der Waals surface area (Å²) in [6.07, 6.45) is 7.04. The molecule has 1 aliphatic heterocycles. The van der Waals surface area contributed by atoms with Gasteiger partial charge in [-0.05, 0) is 36.6 Å². The summed E-state index contributed by atoms with van der Waals surface area (Å²) >= 11 is 0. The van der Waals surface area contributed by atoms with Gasteiger partial charge in [-0.15, -0.1) is 24.0 Å². The average molecular weight is 517 g/mol. The molecule has 1 aromatic heterocycles. The number of likely N-dealkylation sites (N-methyl/N-ethyl adjacent to an activating group) is 1. The van der Waals surface area contributed by atoms with Crippen molar-refractivity contribution in [1.82, 2.24) is 20.5 Å². The average Bonchev–Trinajstić information content (AvgIpc) is 2.69. The Morgan fingerprint density at radius 3 is 2.55 bits per heavy atom. The molecule has 7 heteroatoms. The van der Waals surface area contributed by atoms with E-state index < -0.39 is 0 Å². The number of piperazine rings is 1. The first-order valence-corrected chi connectivity index (χ1v) is 10.8. The molecule has 2 rings (SSSR count). The number of hydrogen-bond acceptors (Lipinski definition) is 4. The molecule has 1 aliphatic rings. The minimum Gasteiger partial charge on any atom is -0.356 e. The third kappa shape index (κ3) is 9.51. The number of anilines is 1. The summed E-state index contributed by atoms with van der Waals surface area (Å²) in [5.74, 6) is 1.94. The van der Waals surface area contributed by atoms with Crippen molar-refractivity contribution in [3.8, 4) is 0 Å². The molecule has 0 spiro atoms. The van der Waals surface area contributed by atoms with Crippen LogP contribution in [0.5, 0.6) is 0 Å². The maximum absolute atomic E-state index is 4.57. The number of aromatic nitrogens is 1. The largest absolute Gasteiger partial charge is 0.356 e. The second-order valence-corrected chi connectivity index (χ2v) is 8.71. The number of nitrogens with one attached hydrogen (secondary N) is 2. The third-order valence-corrected chi connectivity index (χ3v) is 5.51. The lowest BCUT2D eigenvalue weighted by Gasteiger charge is -2.33. The Morgan fingerprint density at radius 1 is 1.17 bits per heavy atom. The third-order valence-electron chi connectivity index (χ3n) is 5.51. The molecule has 0 aromatic carbocycles. The van der Waals surface area contributed by atoms with Gasteiger partial charge in [0.25, 0.3) is 0 Å². The van der Waals surface area contributed by atoms with Crippen LogP contribution < -0.4 is 15.5 Å². The first-order chi connectivity index (χ1) is 13.4. The zero-order valence-electron chi connectivity index (χ0n) is 19.0. The van der Waals surface area contributed by atoms with Crippen LogP contribution in [0.25, 0.3) is 0 Å². The molecule has 0 unspecified atom stereocenters. The number of rotatable bonds is 9. The van der Waals surface area contributed by atoms with Gasteiger partial charge in [0.05, 0.1) is 0 Å². The van der Waals surface area contributed by atoms with E-state index >= 15 is 0 Å². The zero-order valence-corrected chi connectivity index (χ0v) is 21.3. The summed E-state index contributed by atoms with van der Waals surface area (Å²) in [7, 11) is 4.01. The van der Waals surface area contributed by atoms with Gasteiger partial charge in [0.2, 0.25) is 0 Å². The van der Waals surface area contributed by atoms with Crippen LogP contribution in [0.1, 0.15) is 52.0 Å². The normalized spacial score (nSPS) is 15.8. The quantitative estimate of drug-likeness (QED) is 0.227. The molecule has 166 valence electrons. The molecular weight excluding hydrogens is 475 g/mol. The highest BCUT2D eigenvalue weighted by atomic mass is 127. The van der Waals surface area contributed by atoms with Crippen LogP contribution in [-0.2, 0) is 6.54 Å².